The van der Waals surface area contributed by atoms with Crippen molar-refractivity contribution in [3.05, 3.63) is 53.8 Å². The van der Waals surface area contributed by atoms with Gasteiger partial charge < -0.3 is 11.5 Å². The summed E-state index contributed by atoms with van der Waals surface area (Å²) in [5, 5.41) is 0. The molecule has 1 amide bonds. The smallest absolute Gasteiger partial charge is 0.248 e. The third-order valence-corrected chi connectivity index (χ3v) is 3.39. The van der Waals surface area contributed by atoms with Crippen LogP contribution in [0.1, 0.15) is 10.4 Å². The monoisotopic (exact) mass is 262 g/mol. The fourth-order valence-corrected chi connectivity index (χ4v) is 2.38. The number of hydrogen-bond donors (Lipinski definition) is 2. The molecule has 4 N–H and O–H groups in total. The molecule has 0 aliphatic heterocycles. The van der Waals surface area contributed by atoms with E-state index in [0.717, 1.165) is 0 Å². The zero-order chi connectivity index (χ0) is 13.1. The van der Waals surface area contributed by atoms with Gasteiger partial charge in [0.25, 0.3) is 0 Å². The number of nitrogens with two attached hydrogens (primary N) is 2. The van der Waals surface area contributed by atoms with Crippen molar-refractivity contribution < 1.29 is 9.18 Å². The first-order valence-corrected chi connectivity index (χ1v) is 6.00. The van der Waals surface area contributed by atoms with Crippen LogP contribution in [0.2, 0.25) is 0 Å². The Labute approximate surface area is 108 Å². The molecule has 2 aromatic carbocycles. The van der Waals surface area contributed by atoms with Gasteiger partial charge in [-0.15, -0.1) is 0 Å². The highest BCUT2D eigenvalue weighted by Gasteiger charge is 2.07. The first-order chi connectivity index (χ1) is 8.56. The van der Waals surface area contributed by atoms with Crippen LogP contribution in [-0.2, 0) is 0 Å². The lowest BCUT2D eigenvalue weighted by Crippen LogP contribution is -2.11. The van der Waals surface area contributed by atoms with Gasteiger partial charge >= 0.3 is 0 Å². The van der Waals surface area contributed by atoms with Crippen molar-refractivity contribution >= 4 is 23.4 Å². The Morgan fingerprint density at radius 1 is 1.17 bits per heavy atom. The van der Waals surface area contributed by atoms with Crippen molar-refractivity contribution in [2.75, 3.05) is 5.73 Å². The Bertz CT molecular complexity index is 601. The van der Waals surface area contributed by atoms with E-state index in [2.05, 4.69) is 0 Å². The fourth-order valence-electron chi connectivity index (χ4n) is 1.43. The summed E-state index contributed by atoms with van der Waals surface area (Å²) < 4.78 is 13.1. The molecule has 0 aromatic heterocycles. The lowest BCUT2D eigenvalue weighted by molar-refractivity contribution is 0.1000. The van der Waals surface area contributed by atoms with Crippen LogP contribution < -0.4 is 11.5 Å². The topological polar surface area (TPSA) is 69.1 Å². The molecule has 0 aliphatic carbocycles. The van der Waals surface area contributed by atoms with Crippen molar-refractivity contribution in [2.24, 2.45) is 5.73 Å². The van der Waals surface area contributed by atoms with Gasteiger partial charge in [-0.1, -0.05) is 17.8 Å². The molecule has 3 nitrogen and oxygen atoms in total. The van der Waals surface area contributed by atoms with E-state index in [1.165, 1.54) is 23.9 Å². The molecule has 0 unspecified atom stereocenters. The first kappa shape index (κ1) is 12.4. The van der Waals surface area contributed by atoms with E-state index in [9.17, 15) is 9.18 Å². The summed E-state index contributed by atoms with van der Waals surface area (Å²) in [5.41, 5.74) is 11.9. The number of amides is 1. The molecule has 0 aliphatic rings. The summed E-state index contributed by atoms with van der Waals surface area (Å²) >= 11 is 1.29. The number of anilines is 1. The summed E-state index contributed by atoms with van der Waals surface area (Å²) in [6.45, 7) is 0. The number of carbonyl (C=O) groups excluding carboxylic acids is 1. The lowest BCUT2D eigenvalue weighted by Gasteiger charge is -2.07. The van der Waals surface area contributed by atoms with Gasteiger partial charge in [0, 0.05) is 21.0 Å². The van der Waals surface area contributed by atoms with Crippen LogP contribution in [0.25, 0.3) is 0 Å². The Morgan fingerprint density at radius 3 is 2.61 bits per heavy atom. The third-order valence-electron chi connectivity index (χ3n) is 2.32. The number of nitrogen functional groups attached to an aromatic ring is 1. The second kappa shape index (κ2) is 5.10. The van der Waals surface area contributed by atoms with Crippen molar-refractivity contribution in [1.29, 1.82) is 0 Å². The molecule has 0 spiro atoms. The van der Waals surface area contributed by atoms with E-state index >= 15 is 0 Å². The highest BCUT2D eigenvalue weighted by atomic mass is 32.2. The van der Waals surface area contributed by atoms with Crippen LogP contribution in [0.5, 0.6) is 0 Å². The fraction of sp³-hybridized carbons (Fsp3) is 0. The summed E-state index contributed by atoms with van der Waals surface area (Å²) in [6.07, 6.45) is 0. The Kier molecular flexibility index (Phi) is 3.53. The first-order valence-electron chi connectivity index (χ1n) is 5.19. The molecule has 0 fully saturated rings. The third kappa shape index (κ3) is 2.81. The molecule has 2 aromatic rings. The highest BCUT2D eigenvalue weighted by molar-refractivity contribution is 7.99. The average Bonchev–Trinajstić information content (AvgIpc) is 2.31. The predicted octanol–water partition coefficient (Wildman–Crippen LogP) is 2.66. The van der Waals surface area contributed by atoms with Crippen molar-refractivity contribution in [2.45, 2.75) is 9.79 Å². The number of halogens is 1. The number of rotatable bonds is 3. The van der Waals surface area contributed by atoms with Gasteiger partial charge in [-0.3, -0.25) is 4.79 Å². The standard InChI is InChI=1S/C13H11FN2OS/c14-9-2-1-3-10(7-9)18-12-6-8(13(16)17)4-5-11(12)15/h1-7H,15H2,(H2,16,17). The van der Waals surface area contributed by atoms with E-state index in [4.69, 9.17) is 11.5 Å². The molecule has 0 saturated heterocycles. The molecule has 0 bridgehead atoms. The van der Waals surface area contributed by atoms with Crippen molar-refractivity contribution in [3.8, 4) is 0 Å². The number of primary amides is 1. The zero-order valence-corrected chi connectivity index (χ0v) is 10.2. The van der Waals surface area contributed by atoms with Gasteiger partial charge in [-0.25, -0.2) is 4.39 Å². The van der Waals surface area contributed by atoms with E-state index < -0.39 is 5.91 Å². The second-order valence-electron chi connectivity index (χ2n) is 3.68. The van der Waals surface area contributed by atoms with Crippen molar-refractivity contribution in [1.82, 2.24) is 0 Å². The quantitative estimate of drug-likeness (QED) is 0.835. The van der Waals surface area contributed by atoms with Gasteiger partial charge in [0.15, 0.2) is 0 Å². The molecule has 0 saturated carbocycles. The van der Waals surface area contributed by atoms with Gasteiger partial charge in [0.1, 0.15) is 5.82 Å². The largest absolute Gasteiger partial charge is 0.398 e. The van der Waals surface area contributed by atoms with Crippen LogP contribution in [-0.4, -0.2) is 5.91 Å². The minimum Gasteiger partial charge on any atom is -0.398 e. The molecule has 18 heavy (non-hydrogen) atoms. The molecule has 0 radical (unpaired) electrons. The van der Waals surface area contributed by atoms with Gasteiger partial charge in [0.2, 0.25) is 5.91 Å². The number of carbonyl (C=O) groups is 1. The molecule has 5 heteroatoms. The maximum Gasteiger partial charge on any atom is 0.248 e. The molecule has 2 rings (SSSR count). The minimum atomic E-state index is -0.518. The van der Waals surface area contributed by atoms with Crippen LogP contribution >= 0.6 is 11.8 Å². The molecule has 92 valence electrons. The summed E-state index contributed by atoms with van der Waals surface area (Å²) in [4.78, 5) is 12.5. The molecule has 0 atom stereocenters. The maximum absolute atomic E-state index is 13.1. The Hall–Kier alpha value is -2.01. The summed E-state index contributed by atoms with van der Waals surface area (Å²) in [7, 11) is 0. The second-order valence-corrected chi connectivity index (χ2v) is 4.79. The van der Waals surface area contributed by atoms with Crippen LogP contribution in [0, 0.1) is 5.82 Å². The van der Waals surface area contributed by atoms with Crippen LogP contribution in [0.4, 0.5) is 10.1 Å². The van der Waals surface area contributed by atoms with Crippen LogP contribution in [0.15, 0.2) is 52.3 Å². The predicted molar refractivity (Wildman–Crippen MR) is 69.9 cm³/mol. The number of benzene rings is 2. The molecular weight excluding hydrogens is 251 g/mol. The van der Waals surface area contributed by atoms with E-state index in [0.29, 0.717) is 21.0 Å². The summed E-state index contributed by atoms with van der Waals surface area (Å²) in [5.74, 6) is -0.833. The number of hydrogen-bond acceptors (Lipinski definition) is 3. The average molecular weight is 262 g/mol. The zero-order valence-electron chi connectivity index (χ0n) is 9.39. The highest BCUT2D eigenvalue weighted by Crippen LogP contribution is 2.32. The van der Waals surface area contributed by atoms with Crippen LogP contribution in [0.3, 0.4) is 0 Å². The minimum absolute atomic E-state index is 0.315. The summed E-state index contributed by atoms with van der Waals surface area (Å²) in [6, 6.07) is 10.9. The van der Waals surface area contributed by atoms with E-state index in [1.54, 1.807) is 30.3 Å². The van der Waals surface area contributed by atoms with Gasteiger partial charge in [-0.2, -0.15) is 0 Å². The lowest BCUT2D eigenvalue weighted by atomic mass is 10.2. The SMILES string of the molecule is NC(=O)c1ccc(N)c(Sc2cccc(F)c2)c1. The Balaban J connectivity index is 2.33. The van der Waals surface area contributed by atoms with Crippen molar-refractivity contribution in [3.63, 3.8) is 0 Å². The maximum atomic E-state index is 13.1. The van der Waals surface area contributed by atoms with Gasteiger partial charge in [0.05, 0.1) is 0 Å². The normalized spacial score (nSPS) is 10.3. The molecular formula is C13H11FN2OS. The Morgan fingerprint density at radius 2 is 1.94 bits per heavy atom. The van der Waals surface area contributed by atoms with E-state index in [-0.39, 0.29) is 5.82 Å². The van der Waals surface area contributed by atoms with Gasteiger partial charge in [-0.05, 0) is 36.4 Å². The van der Waals surface area contributed by atoms with E-state index in [1.807, 2.05) is 0 Å². The molecule has 0 heterocycles.